The van der Waals surface area contributed by atoms with Crippen LogP contribution in [0.5, 0.6) is 0 Å². The van der Waals surface area contributed by atoms with Gasteiger partial charge < -0.3 is 10.5 Å². The summed E-state index contributed by atoms with van der Waals surface area (Å²) in [5.41, 5.74) is 5.37. The minimum absolute atomic E-state index is 0.124. The van der Waals surface area contributed by atoms with E-state index in [0.29, 0.717) is 19.6 Å². The molecule has 0 spiro atoms. The normalized spacial score (nSPS) is 12.6. The van der Waals surface area contributed by atoms with E-state index in [0.717, 1.165) is 12.8 Å². The zero-order valence-corrected chi connectivity index (χ0v) is 8.01. The van der Waals surface area contributed by atoms with Crippen LogP contribution in [0.25, 0.3) is 0 Å². The first-order chi connectivity index (χ1) is 5.70. The molecule has 1 unspecified atom stereocenters. The summed E-state index contributed by atoms with van der Waals surface area (Å²) in [5, 5.41) is 0. The quantitative estimate of drug-likeness (QED) is 0.487. The van der Waals surface area contributed by atoms with Crippen LogP contribution in [0.2, 0.25) is 0 Å². The lowest BCUT2D eigenvalue weighted by atomic mass is 10.1. The average molecular weight is 173 g/mol. The Bertz CT molecular complexity index is 126. The van der Waals surface area contributed by atoms with E-state index in [1.807, 2.05) is 6.92 Å². The van der Waals surface area contributed by atoms with Gasteiger partial charge >= 0.3 is 5.97 Å². The van der Waals surface area contributed by atoms with E-state index < -0.39 is 0 Å². The second-order valence-electron chi connectivity index (χ2n) is 3.12. The van der Waals surface area contributed by atoms with Crippen LogP contribution in [-0.4, -0.2) is 19.1 Å². The molecule has 0 rings (SSSR count). The van der Waals surface area contributed by atoms with E-state index in [4.69, 9.17) is 10.5 Å². The van der Waals surface area contributed by atoms with Gasteiger partial charge in [0.15, 0.2) is 0 Å². The van der Waals surface area contributed by atoms with Gasteiger partial charge in [0.05, 0.1) is 6.61 Å². The first-order valence-electron chi connectivity index (χ1n) is 4.56. The van der Waals surface area contributed by atoms with E-state index in [-0.39, 0.29) is 11.9 Å². The minimum Gasteiger partial charge on any atom is -0.466 e. The molecule has 0 saturated heterocycles. The number of carbonyl (C=O) groups excluding carboxylic acids is 1. The number of unbranched alkanes of at least 4 members (excludes halogenated alkanes) is 1. The smallest absolute Gasteiger partial charge is 0.306 e. The molecule has 0 bridgehead atoms. The Kier molecular flexibility index (Phi) is 6.76. The Morgan fingerprint density at radius 1 is 1.58 bits per heavy atom. The summed E-state index contributed by atoms with van der Waals surface area (Å²) in [4.78, 5) is 11.0. The van der Waals surface area contributed by atoms with Gasteiger partial charge in [0, 0.05) is 6.42 Å². The van der Waals surface area contributed by atoms with Crippen LogP contribution in [0.15, 0.2) is 0 Å². The molecule has 0 aliphatic rings. The predicted octanol–water partition coefficient (Wildman–Crippen LogP) is 1.31. The molecule has 0 heterocycles. The molecule has 0 radical (unpaired) electrons. The fraction of sp³-hybridized carbons (Fsp3) is 0.889. The molecule has 3 nitrogen and oxygen atoms in total. The maximum Gasteiger partial charge on any atom is 0.306 e. The van der Waals surface area contributed by atoms with Crippen molar-refractivity contribution in [3.63, 3.8) is 0 Å². The van der Waals surface area contributed by atoms with Gasteiger partial charge in [-0.1, -0.05) is 20.3 Å². The van der Waals surface area contributed by atoms with Crippen LogP contribution in [0.3, 0.4) is 0 Å². The lowest BCUT2D eigenvalue weighted by Gasteiger charge is -2.07. The highest BCUT2D eigenvalue weighted by molar-refractivity contribution is 5.69. The summed E-state index contributed by atoms with van der Waals surface area (Å²) in [6.45, 7) is 5.10. The molecule has 0 aromatic rings. The molecule has 0 aromatic carbocycles. The highest BCUT2D eigenvalue weighted by Gasteiger charge is 2.07. The third-order valence-electron chi connectivity index (χ3n) is 1.68. The topological polar surface area (TPSA) is 52.3 Å². The van der Waals surface area contributed by atoms with Gasteiger partial charge in [-0.15, -0.1) is 0 Å². The number of esters is 1. The van der Waals surface area contributed by atoms with Crippen molar-refractivity contribution in [2.24, 2.45) is 11.7 Å². The van der Waals surface area contributed by atoms with Gasteiger partial charge in [-0.3, -0.25) is 4.79 Å². The van der Waals surface area contributed by atoms with Gasteiger partial charge in [-0.25, -0.2) is 0 Å². The summed E-state index contributed by atoms with van der Waals surface area (Å²) in [7, 11) is 0. The van der Waals surface area contributed by atoms with Gasteiger partial charge in [0.1, 0.15) is 0 Å². The van der Waals surface area contributed by atoms with Crippen molar-refractivity contribution in [2.75, 3.05) is 13.2 Å². The van der Waals surface area contributed by atoms with Gasteiger partial charge in [0.25, 0.3) is 0 Å². The van der Waals surface area contributed by atoms with Crippen molar-refractivity contribution in [1.29, 1.82) is 0 Å². The summed E-state index contributed by atoms with van der Waals surface area (Å²) in [6.07, 6.45) is 2.45. The molecule has 72 valence electrons. The molecular weight excluding hydrogens is 154 g/mol. The Balaban J connectivity index is 3.33. The van der Waals surface area contributed by atoms with Crippen molar-refractivity contribution in [2.45, 2.75) is 33.1 Å². The molecule has 3 heteroatoms. The van der Waals surface area contributed by atoms with Gasteiger partial charge in [-0.2, -0.15) is 0 Å². The average Bonchev–Trinajstić information content (AvgIpc) is 2.05. The Morgan fingerprint density at radius 3 is 2.75 bits per heavy atom. The van der Waals surface area contributed by atoms with Crippen LogP contribution >= 0.6 is 0 Å². The number of carbonyl (C=O) groups is 1. The SMILES string of the molecule is CCCCOC(=O)CC(C)CN. The van der Waals surface area contributed by atoms with Crippen molar-refractivity contribution in [1.82, 2.24) is 0 Å². The zero-order valence-electron chi connectivity index (χ0n) is 8.01. The zero-order chi connectivity index (χ0) is 9.40. The van der Waals surface area contributed by atoms with Crippen LogP contribution in [-0.2, 0) is 9.53 Å². The number of hydrogen-bond donors (Lipinski definition) is 1. The lowest BCUT2D eigenvalue weighted by molar-refractivity contribution is -0.144. The monoisotopic (exact) mass is 173 g/mol. The van der Waals surface area contributed by atoms with E-state index in [2.05, 4.69) is 6.92 Å². The van der Waals surface area contributed by atoms with Crippen molar-refractivity contribution < 1.29 is 9.53 Å². The Morgan fingerprint density at radius 2 is 2.25 bits per heavy atom. The fourth-order valence-corrected chi connectivity index (χ4v) is 0.757. The second-order valence-corrected chi connectivity index (χ2v) is 3.12. The molecule has 0 fully saturated rings. The molecule has 0 aromatic heterocycles. The maximum atomic E-state index is 11.0. The third kappa shape index (κ3) is 6.16. The molecule has 0 aliphatic heterocycles. The number of ether oxygens (including phenoxy) is 1. The largest absolute Gasteiger partial charge is 0.466 e. The van der Waals surface area contributed by atoms with Crippen LogP contribution in [0, 0.1) is 5.92 Å². The lowest BCUT2D eigenvalue weighted by Crippen LogP contribution is -2.17. The fourth-order valence-electron chi connectivity index (χ4n) is 0.757. The minimum atomic E-state index is -0.124. The second kappa shape index (κ2) is 7.10. The van der Waals surface area contributed by atoms with E-state index in [9.17, 15) is 4.79 Å². The van der Waals surface area contributed by atoms with Crippen molar-refractivity contribution >= 4 is 5.97 Å². The molecule has 2 N–H and O–H groups in total. The van der Waals surface area contributed by atoms with Crippen LogP contribution in [0.1, 0.15) is 33.1 Å². The highest BCUT2D eigenvalue weighted by atomic mass is 16.5. The van der Waals surface area contributed by atoms with E-state index in [1.54, 1.807) is 0 Å². The predicted molar refractivity (Wildman–Crippen MR) is 48.7 cm³/mol. The highest BCUT2D eigenvalue weighted by Crippen LogP contribution is 2.01. The number of nitrogens with two attached hydrogens (primary N) is 1. The number of rotatable bonds is 6. The van der Waals surface area contributed by atoms with Gasteiger partial charge in [0.2, 0.25) is 0 Å². The molecule has 12 heavy (non-hydrogen) atoms. The summed E-state index contributed by atoms with van der Waals surface area (Å²) in [6, 6.07) is 0. The molecule has 1 atom stereocenters. The van der Waals surface area contributed by atoms with E-state index >= 15 is 0 Å². The van der Waals surface area contributed by atoms with Crippen LogP contribution < -0.4 is 5.73 Å². The first-order valence-corrected chi connectivity index (χ1v) is 4.56. The van der Waals surface area contributed by atoms with Crippen molar-refractivity contribution in [3.05, 3.63) is 0 Å². The van der Waals surface area contributed by atoms with Crippen molar-refractivity contribution in [3.8, 4) is 0 Å². The van der Waals surface area contributed by atoms with Gasteiger partial charge in [-0.05, 0) is 18.9 Å². The summed E-state index contributed by atoms with van der Waals surface area (Å²) < 4.78 is 4.96. The van der Waals surface area contributed by atoms with E-state index in [1.165, 1.54) is 0 Å². The third-order valence-corrected chi connectivity index (χ3v) is 1.68. The Labute approximate surface area is 74.3 Å². The first kappa shape index (κ1) is 11.4. The Hall–Kier alpha value is -0.570. The van der Waals surface area contributed by atoms with Crippen LogP contribution in [0.4, 0.5) is 0 Å². The molecule has 0 saturated carbocycles. The molecule has 0 aliphatic carbocycles. The standard InChI is InChI=1S/C9H19NO2/c1-3-4-5-12-9(11)6-8(2)7-10/h8H,3-7,10H2,1-2H3. The molecular formula is C9H19NO2. The molecule has 0 amide bonds. The summed E-state index contributed by atoms with van der Waals surface area (Å²) in [5.74, 6) is 0.112. The maximum absolute atomic E-state index is 11.0. The number of hydrogen-bond acceptors (Lipinski definition) is 3. The summed E-state index contributed by atoms with van der Waals surface area (Å²) >= 11 is 0.